The summed E-state index contributed by atoms with van der Waals surface area (Å²) in [5.74, 6) is 2.09. The second-order valence-corrected chi connectivity index (χ2v) is 4.21. The van der Waals surface area contributed by atoms with Crippen LogP contribution in [-0.4, -0.2) is 36.3 Å². The van der Waals surface area contributed by atoms with Crippen molar-refractivity contribution < 1.29 is 9.47 Å². The van der Waals surface area contributed by atoms with Crippen LogP contribution in [0.4, 0.5) is 5.82 Å². The molecule has 2 rings (SSSR count). The Morgan fingerprint density at radius 1 is 1.47 bits per heavy atom. The molecule has 0 aliphatic carbocycles. The summed E-state index contributed by atoms with van der Waals surface area (Å²) in [6.45, 7) is 3.52. The Bertz CT molecular complexity index is 365. The maximum Gasteiger partial charge on any atom is 0.218 e. The third-order valence-electron chi connectivity index (χ3n) is 2.81. The molecule has 5 nitrogen and oxygen atoms in total. The van der Waals surface area contributed by atoms with Crippen molar-refractivity contribution in [2.75, 3.05) is 25.6 Å². The highest BCUT2D eigenvalue weighted by molar-refractivity contribution is 5.38. The largest absolute Gasteiger partial charge is 0.481 e. The minimum Gasteiger partial charge on any atom is -0.481 e. The molecule has 0 aromatic carbocycles. The molecule has 94 valence electrons. The van der Waals surface area contributed by atoms with Crippen LogP contribution in [0.2, 0.25) is 0 Å². The number of hydrogen-bond donors (Lipinski definition) is 1. The summed E-state index contributed by atoms with van der Waals surface area (Å²) < 4.78 is 10.8. The van der Waals surface area contributed by atoms with Crippen molar-refractivity contribution in [2.24, 2.45) is 0 Å². The van der Waals surface area contributed by atoms with E-state index in [0.29, 0.717) is 17.8 Å². The monoisotopic (exact) mass is 237 g/mol. The quantitative estimate of drug-likeness (QED) is 0.865. The lowest BCUT2D eigenvalue weighted by Gasteiger charge is -2.23. The zero-order valence-electron chi connectivity index (χ0n) is 10.4. The number of nitrogens with one attached hydrogen (secondary N) is 1. The first kappa shape index (κ1) is 12.1. The summed E-state index contributed by atoms with van der Waals surface area (Å²) >= 11 is 0. The highest BCUT2D eigenvalue weighted by Gasteiger charge is 2.13. The summed E-state index contributed by atoms with van der Waals surface area (Å²) in [7, 11) is 1.61. The summed E-state index contributed by atoms with van der Waals surface area (Å²) in [6, 6.07) is 1.80. The molecule has 0 radical (unpaired) electrons. The van der Waals surface area contributed by atoms with Gasteiger partial charge in [-0.05, 0) is 26.2 Å². The number of hydrogen-bond acceptors (Lipinski definition) is 5. The van der Waals surface area contributed by atoms with E-state index < -0.39 is 0 Å². The lowest BCUT2D eigenvalue weighted by Crippen LogP contribution is -2.27. The molecule has 1 fully saturated rings. The molecule has 0 amide bonds. The van der Waals surface area contributed by atoms with Gasteiger partial charge in [0.15, 0.2) is 0 Å². The Balaban J connectivity index is 1.91. The molecule has 1 unspecified atom stereocenters. The van der Waals surface area contributed by atoms with E-state index in [-0.39, 0.29) is 0 Å². The Hall–Kier alpha value is -1.36. The van der Waals surface area contributed by atoms with Gasteiger partial charge in [0.25, 0.3) is 0 Å². The first-order chi connectivity index (χ1) is 8.28. The van der Waals surface area contributed by atoms with Crippen LogP contribution in [0.3, 0.4) is 0 Å². The Kier molecular flexibility index (Phi) is 4.14. The van der Waals surface area contributed by atoms with E-state index >= 15 is 0 Å². The number of anilines is 1. The van der Waals surface area contributed by atoms with E-state index in [4.69, 9.17) is 9.47 Å². The zero-order chi connectivity index (χ0) is 12.1. The molecule has 0 bridgehead atoms. The van der Waals surface area contributed by atoms with E-state index in [0.717, 1.165) is 25.4 Å². The summed E-state index contributed by atoms with van der Waals surface area (Å²) in [6.07, 6.45) is 3.84. The minimum atomic E-state index is 0.296. The molecule has 17 heavy (non-hydrogen) atoms. The van der Waals surface area contributed by atoms with Crippen LogP contribution in [0, 0.1) is 6.92 Å². The Labute approximate surface area is 102 Å². The SMILES string of the molecule is COc1cc(NCC2CCCCO2)nc(C)n1. The van der Waals surface area contributed by atoms with Crippen LogP contribution >= 0.6 is 0 Å². The molecule has 2 heterocycles. The third kappa shape index (κ3) is 3.56. The van der Waals surface area contributed by atoms with Gasteiger partial charge in [-0.3, -0.25) is 0 Å². The molecule has 1 saturated heterocycles. The van der Waals surface area contributed by atoms with Gasteiger partial charge in [0.2, 0.25) is 5.88 Å². The fourth-order valence-corrected chi connectivity index (χ4v) is 1.92. The maximum atomic E-state index is 5.65. The molecular weight excluding hydrogens is 218 g/mol. The van der Waals surface area contributed by atoms with Crippen LogP contribution in [0.5, 0.6) is 5.88 Å². The standard InChI is InChI=1S/C12H19N3O2/c1-9-14-11(7-12(15-9)16-2)13-8-10-5-3-4-6-17-10/h7,10H,3-6,8H2,1-2H3,(H,13,14,15). The van der Waals surface area contributed by atoms with Gasteiger partial charge < -0.3 is 14.8 Å². The van der Waals surface area contributed by atoms with Gasteiger partial charge in [-0.1, -0.05) is 0 Å². The van der Waals surface area contributed by atoms with Crippen molar-refractivity contribution in [3.05, 3.63) is 11.9 Å². The van der Waals surface area contributed by atoms with E-state index in [1.165, 1.54) is 12.8 Å². The predicted molar refractivity (Wildman–Crippen MR) is 65.4 cm³/mol. The van der Waals surface area contributed by atoms with Crippen molar-refractivity contribution in [2.45, 2.75) is 32.3 Å². The fraction of sp³-hybridized carbons (Fsp3) is 0.667. The van der Waals surface area contributed by atoms with Crippen molar-refractivity contribution >= 4 is 5.82 Å². The van der Waals surface area contributed by atoms with Crippen molar-refractivity contribution in [3.8, 4) is 5.88 Å². The smallest absolute Gasteiger partial charge is 0.218 e. The number of rotatable bonds is 4. The number of nitrogens with zero attached hydrogens (tertiary/aromatic N) is 2. The van der Waals surface area contributed by atoms with Gasteiger partial charge in [0.1, 0.15) is 11.6 Å². The predicted octanol–water partition coefficient (Wildman–Crippen LogP) is 1.77. The van der Waals surface area contributed by atoms with Crippen LogP contribution in [-0.2, 0) is 4.74 Å². The first-order valence-corrected chi connectivity index (χ1v) is 6.03. The maximum absolute atomic E-state index is 5.65. The van der Waals surface area contributed by atoms with Crippen molar-refractivity contribution in [1.82, 2.24) is 9.97 Å². The second kappa shape index (κ2) is 5.82. The molecule has 1 N–H and O–H groups in total. The number of ether oxygens (including phenoxy) is 2. The first-order valence-electron chi connectivity index (χ1n) is 6.03. The fourth-order valence-electron chi connectivity index (χ4n) is 1.92. The molecule has 1 aliphatic rings. The molecule has 5 heteroatoms. The van der Waals surface area contributed by atoms with Crippen LogP contribution in [0.25, 0.3) is 0 Å². The topological polar surface area (TPSA) is 56.3 Å². The Morgan fingerprint density at radius 3 is 3.06 bits per heavy atom. The third-order valence-corrected chi connectivity index (χ3v) is 2.81. The molecule has 0 saturated carbocycles. The van der Waals surface area contributed by atoms with Crippen LogP contribution in [0.15, 0.2) is 6.07 Å². The van der Waals surface area contributed by atoms with Gasteiger partial charge in [-0.15, -0.1) is 0 Å². The average molecular weight is 237 g/mol. The zero-order valence-corrected chi connectivity index (χ0v) is 10.4. The number of methoxy groups -OCH3 is 1. The van der Waals surface area contributed by atoms with E-state index in [1.54, 1.807) is 13.2 Å². The van der Waals surface area contributed by atoms with Gasteiger partial charge >= 0.3 is 0 Å². The lowest BCUT2D eigenvalue weighted by atomic mass is 10.1. The molecule has 1 aromatic rings. The summed E-state index contributed by atoms with van der Waals surface area (Å²) in [5, 5.41) is 3.27. The Morgan fingerprint density at radius 2 is 2.35 bits per heavy atom. The van der Waals surface area contributed by atoms with E-state index in [1.807, 2.05) is 6.92 Å². The number of aromatic nitrogens is 2. The minimum absolute atomic E-state index is 0.296. The molecule has 1 aliphatic heterocycles. The number of aryl methyl sites for hydroxylation is 1. The van der Waals surface area contributed by atoms with Crippen LogP contribution < -0.4 is 10.1 Å². The second-order valence-electron chi connectivity index (χ2n) is 4.21. The molecule has 1 aromatic heterocycles. The molecule has 1 atom stereocenters. The van der Waals surface area contributed by atoms with Crippen molar-refractivity contribution in [1.29, 1.82) is 0 Å². The molecule has 0 spiro atoms. The average Bonchev–Trinajstić information content (AvgIpc) is 2.37. The van der Waals surface area contributed by atoms with Gasteiger partial charge in [0, 0.05) is 19.2 Å². The summed E-state index contributed by atoms with van der Waals surface area (Å²) in [4.78, 5) is 8.45. The van der Waals surface area contributed by atoms with Gasteiger partial charge in [-0.2, -0.15) is 4.98 Å². The summed E-state index contributed by atoms with van der Waals surface area (Å²) in [5.41, 5.74) is 0. The van der Waals surface area contributed by atoms with Gasteiger partial charge in [0.05, 0.1) is 13.2 Å². The highest BCUT2D eigenvalue weighted by Crippen LogP contribution is 2.15. The van der Waals surface area contributed by atoms with E-state index in [9.17, 15) is 0 Å². The van der Waals surface area contributed by atoms with Crippen LogP contribution in [0.1, 0.15) is 25.1 Å². The lowest BCUT2D eigenvalue weighted by molar-refractivity contribution is 0.0247. The van der Waals surface area contributed by atoms with Gasteiger partial charge in [-0.25, -0.2) is 4.98 Å². The van der Waals surface area contributed by atoms with Crippen molar-refractivity contribution in [3.63, 3.8) is 0 Å². The highest BCUT2D eigenvalue weighted by atomic mass is 16.5. The normalized spacial score (nSPS) is 20.0. The molecular formula is C12H19N3O2. The van der Waals surface area contributed by atoms with E-state index in [2.05, 4.69) is 15.3 Å².